The molecule has 1 aliphatic rings. The topological polar surface area (TPSA) is 61.2 Å². The molecule has 0 N–H and O–H groups in total. The van der Waals surface area contributed by atoms with Crippen LogP contribution < -0.4 is 0 Å². The molecule has 1 aromatic rings. The van der Waals surface area contributed by atoms with E-state index >= 15 is 0 Å². The number of hydrogen-bond donors (Lipinski definition) is 0. The number of hydrogen-bond acceptors (Lipinski definition) is 4. The molecule has 17 heavy (non-hydrogen) atoms. The average Bonchev–Trinajstić information content (AvgIpc) is 2.40. The SMILES string of the molecule is N#Cc1cccc(S(=O)(=O)N2CCSCC2)c1. The minimum absolute atomic E-state index is 0.212. The minimum Gasteiger partial charge on any atom is -0.207 e. The third-order valence-electron chi connectivity index (χ3n) is 2.57. The Morgan fingerprint density at radius 3 is 2.65 bits per heavy atom. The van der Waals surface area contributed by atoms with Gasteiger partial charge in [-0.2, -0.15) is 21.3 Å². The van der Waals surface area contributed by atoms with Crippen molar-refractivity contribution in [1.82, 2.24) is 4.31 Å². The third kappa shape index (κ3) is 2.63. The quantitative estimate of drug-likeness (QED) is 0.811. The molecule has 0 saturated carbocycles. The molecule has 0 aliphatic carbocycles. The van der Waals surface area contributed by atoms with E-state index in [2.05, 4.69) is 0 Å². The zero-order chi connectivity index (χ0) is 12.3. The molecule has 0 bridgehead atoms. The zero-order valence-corrected chi connectivity index (χ0v) is 10.8. The van der Waals surface area contributed by atoms with Crippen LogP contribution in [-0.2, 0) is 10.0 Å². The number of nitriles is 1. The molecule has 1 aromatic carbocycles. The molecule has 0 unspecified atom stereocenters. The Kier molecular flexibility index (Phi) is 3.72. The first kappa shape index (κ1) is 12.4. The van der Waals surface area contributed by atoms with E-state index in [-0.39, 0.29) is 4.90 Å². The molecule has 6 heteroatoms. The van der Waals surface area contributed by atoms with Crippen molar-refractivity contribution in [3.8, 4) is 6.07 Å². The number of nitrogens with zero attached hydrogens (tertiary/aromatic N) is 2. The first-order valence-corrected chi connectivity index (χ1v) is 7.82. The van der Waals surface area contributed by atoms with Gasteiger partial charge in [-0.1, -0.05) is 6.07 Å². The summed E-state index contributed by atoms with van der Waals surface area (Å²) >= 11 is 1.76. The van der Waals surface area contributed by atoms with E-state index in [4.69, 9.17) is 5.26 Å². The normalized spacial score (nSPS) is 17.6. The lowest BCUT2D eigenvalue weighted by molar-refractivity contribution is 0.443. The summed E-state index contributed by atoms with van der Waals surface area (Å²) in [5.74, 6) is 1.66. The van der Waals surface area contributed by atoms with Gasteiger partial charge >= 0.3 is 0 Å². The number of thioether (sulfide) groups is 1. The van der Waals surface area contributed by atoms with E-state index in [1.165, 1.54) is 16.4 Å². The van der Waals surface area contributed by atoms with Gasteiger partial charge in [0.1, 0.15) is 0 Å². The standard InChI is InChI=1S/C11H12N2O2S2/c12-9-10-2-1-3-11(8-10)17(14,15)13-4-6-16-7-5-13/h1-3,8H,4-7H2. The van der Waals surface area contributed by atoms with E-state index in [0.717, 1.165) is 11.5 Å². The van der Waals surface area contributed by atoms with Gasteiger partial charge in [0.05, 0.1) is 16.5 Å². The summed E-state index contributed by atoms with van der Waals surface area (Å²) in [4.78, 5) is 0.212. The highest BCUT2D eigenvalue weighted by Crippen LogP contribution is 2.20. The first-order chi connectivity index (χ1) is 8.14. The van der Waals surface area contributed by atoms with Gasteiger partial charge in [0.2, 0.25) is 10.0 Å². The summed E-state index contributed by atoms with van der Waals surface area (Å²) in [5, 5.41) is 8.78. The second kappa shape index (κ2) is 5.08. The Hall–Kier alpha value is -1.03. The summed E-state index contributed by atoms with van der Waals surface area (Å²) in [6.45, 7) is 1.09. The Balaban J connectivity index is 2.34. The van der Waals surface area contributed by atoms with Crippen molar-refractivity contribution in [2.75, 3.05) is 24.6 Å². The van der Waals surface area contributed by atoms with Crippen molar-refractivity contribution in [2.45, 2.75) is 4.90 Å². The van der Waals surface area contributed by atoms with Gasteiger partial charge < -0.3 is 0 Å². The lowest BCUT2D eigenvalue weighted by Gasteiger charge is -2.25. The smallest absolute Gasteiger partial charge is 0.207 e. The highest BCUT2D eigenvalue weighted by atomic mass is 32.2. The molecule has 4 nitrogen and oxygen atoms in total. The fraction of sp³-hybridized carbons (Fsp3) is 0.364. The Labute approximate surface area is 105 Å². The summed E-state index contributed by atoms with van der Waals surface area (Å²) in [6.07, 6.45) is 0. The number of benzene rings is 1. The summed E-state index contributed by atoms with van der Waals surface area (Å²) in [5.41, 5.74) is 0.373. The maximum Gasteiger partial charge on any atom is 0.243 e. The zero-order valence-electron chi connectivity index (χ0n) is 9.17. The molecule has 1 heterocycles. The Morgan fingerprint density at radius 2 is 2.00 bits per heavy atom. The average molecular weight is 268 g/mol. The highest BCUT2D eigenvalue weighted by Gasteiger charge is 2.26. The molecular weight excluding hydrogens is 256 g/mol. The van der Waals surface area contributed by atoms with Gasteiger partial charge in [0, 0.05) is 24.6 Å². The largest absolute Gasteiger partial charge is 0.243 e. The minimum atomic E-state index is -3.43. The molecule has 0 radical (unpaired) electrons. The van der Waals surface area contributed by atoms with E-state index in [1.54, 1.807) is 23.9 Å². The van der Waals surface area contributed by atoms with Crippen molar-refractivity contribution in [1.29, 1.82) is 5.26 Å². The molecule has 90 valence electrons. The van der Waals surface area contributed by atoms with Crippen LogP contribution in [0.15, 0.2) is 29.2 Å². The molecular formula is C11H12N2O2S2. The van der Waals surface area contributed by atoms with Crippen LogP contribution >= 0.6 is 11.8 Å². The molecule has 1 aliphatic heterocycles. The van der Waals surface area contributed by atoms with Crippen molar-refractivity contribution in [3.05, 3.63) is 29.8 Å². The summed E-state index contributed by atoms with van der Waals surface area (Å²) in [6, 6.07) is 8.13. The van der Waals surface area contributed by atoms with E-state index in [1.807, 2.05) is 6.07 Å². The van der Waals surface area contributed by atoms with E-state index < -0.39 is 10.0 Å². The molecule has 0 spiro atoms. The lowest BCUT2D eigenvalue weighted by Crippen LogP contribution is -2.37. The van der Waals surface area contributed by atoms with Crippen molar-refractivity contribution >= 4 is 21.8 Å². The second-order valence-electron chi connectivity index (χ2n) is 3.66. The number of rotatable bonds is 2. The fourth-order valence-corrected chi connectivity index (χ4v) is 4.28. The van der Waals surface area contributed by atoms with Crippen LogP contribution in [0.3, 0.4) is 0 Å². The molecule has 1 saturated heterocycles. The molecule has 0 amide bonds. The van der Waals surface area contributed by atoms with Crippen LogP contribution in [0, 0.1) is 11.3 Å². The summed E-state index contributed by atoms with van der Waals surface area (Å²) in [7, 11) is -3.43. The van der Waals surface area contributed by atoms with Gasteiger partial charge in [-0.3, -0.25) is 0 Å². The molecule has 0 aromatic heterocycles. The highest BCUT2D eigenvalue weighted by molar-refractivity contribution is 7.99. The van der Waals surface area contributed by atoms with E-state index in [0.29, 0.717) is 18.7 Å². The van der Waals surface area contributed by atoms with Crippen molar-refractivity contribution in [3.63, 3.8) is 0 Å². The van der Waals surface area contributed by atoms with Gasteiger partial charge in [-0.15, -0.1) is 0 Å². The van der Waals surface area contributed by atoms with Crippen LogP contribution in [0.25, 0.3) is 0 Å². The fourth-order valence-electron chi connectivity index (χ4n) is 1.66. The van der Waals surface area contributed by atoms with E-state index in [9.17, 15) is 8.42 Å². The molecule has 1 fully saturated rings. The van der Waals surface area contributed by atoms with Gasteiger partial charge in [-0.05, 0) is 18.2 Å². The first-order valence-electron chi connectivity index (χ1n) is 5.22. The maximum atomic E-state index is 12.3. The second-order valence-corrected chi connectivity index (χ2v) is 6.82. The Morgan fingerprint density at radius 1 is 1.29 bits per heavy atom. The molecule has 2 rings (SSSR count). The van der Waals surface area contributed by atoms with Crippen LogP contribution in [0.2, 0.25) is 0 Å². The monoisotopic (exact) mass is 268 g/mol. The van der Waals surface area contributed by atoms with Crippen LogP contribution in [0.1, 0.15) is 5.56 Å². The lowest BCUT2D eigenvalue weighted by atomic mass is 10.2. The maximum absolute atomic E-state index is 12.3. The third-order valence-corrected chi connectivity index (χ3v) is 5.41. The number of sulfonamides is 1. The van der Waals surface area contributed by atoms with Crippen LogP contribution in [-0.4, -0.2) is 37.3 Å². The summed E-state index contributed by atoms with van der Waals surface area (Å²) < 4.78 is 26.0. The van der Waals surface area contributed by atoms with Gasteiger partial charge in [-0.25, -0.2) is 8.42 Å². The van der Waals surface area contributed by atoms with Gasteiger partial charge in [0.15, 0.2) is 0 Å². The van der Waals surface area contributed by atoms with Crippen LogP contribution in [0.5, 0.6) is 0 Å². The van der Waals surface area contributed by atoms with Gasteiger partial charge in [0.25, 0.3) is 0 Å². The predicted molar refractivity (Wildman–Crippen MR) is 67.2 cm³/mol. The van der Waals surface area contributed by atoms with Crippen molar-refractivity contribution in [2.24, 2.45) is 0 Å². The Bertz CT molecular complexity index is 543. The van der Waals surface area contributed by atoms with Crippen molar-refractivity contribution < 1.29 is 8.42 Å². The predicted octanol–water partition coefficient (Wildman–Crippen LogP) is 1.30. The van der Waals surface area contributed by atoms with Crippen LogP contribution in [0.4, 0.5) is 0 Å². The molecule has 0 atom stereocenters.